The second kappa shape index (κ2) is 20.9. The summed E-state index contributed by atoms with van der Waals surface area (Å²) in [7, 11) is -4.86. The van der Waals surface area contributed by atoms with Crippen LogP contribution in [0.25, 0.3) is 0 Å². The van der Waals surface area contributed by atoms with Gasteiger partial charge in [-0.1, -0.05) is 120 Å². The van der Waals surface area contributed by atoms with Crippen molar-refractivity contribution < 1.29 is 14.0 Å². The van der Waals surface area contributed by atoms with Gasteiger partial charge in [0.1, 0.15) is 0 Å². The third-order valence-corrected chi connectivity index (χ3v) is 25.7. The summed E-state index contributed by atoms with van der Waals surface area (Å²) in [5, 5.41) is 12.3. The Balaban J connectivity index is 6.17. The molecule has 0 aliphatic heterocycles. The molecule has 5 atom stereocenters. The molecule has 0 heterocycles. The molecular weight excluding hydrogens is 628 g/mol. The van der Waals surface area contributed by atoms with Gasteiger partial charge in [-0.25, -0.2) is 0 Å². The normalized spacial score (nSPS) is 17.9. The minimum Gasteiger partial charge on any atom is -0.413 e. The Bertz CT molecular complexity index is 906. The first-order chi connectivity index (χ1) is 21.4. The van der Waals surface area contributed by atoms with Crippen molar-refractivity contribution in [2.45, 2.75) is 190 Å². The zero-order valence-electron chi connectivity index (χ0n) is 35.2. The standard InChI is InChI=1S/C41H86O3PSi2/c1-19-22-27-45(28-23-20-2,29-24-21-3)32-34(5)31-35(6)38(42)37(8)39(44-47(17,18)41(12,13)14)36(7)30-33(4)25-26-43-46(15,16)40(9,10)11/h25,31,35-39,42H,19-24,26-30,32H2,1-18H3/q+1/b33-25+,34-31+/t35-,36+,37-,38+,39-/m1/s1. The predicted octanol–water partition coefficient (Wildman–Crippen LogP) is 13.4. The van der Waals surface area contributed by atoms with E-state index in [1.54, 1.807) is 0 Å². The van der Waals surface area contributed by atoms with E-state index < -0.39 is 30.0 Å². The Morgan fingerprint density at radius 1 is 0.745 bits per heavy atom. The maximum Gasteiger partial charge on any atom is 0.192 e. The first-order valence-corrected chi connectivity index (χ1v) is 27.9. The van der Waals surface area contributed by atoms with Gasteiger partial charge < -0.3 is 14.0 Å². The Hall–Kier alpha value is 0.224. The van der Waals surface area contributed by atoms with Gasteiger partial charge >= 0.3 is 0 Å². The van der Waals surface area contributed by atoms with E-state index in [-0.39, 0.29) is 28.0 Å². The second-order valence-corrected chi connectivity index (χ2v) is 32.5. The van der Waals surface area contributed by atoms with Crippen LogP contribution in [0.4, 0.5) is 0 Å². The van der Waals surface area contributed by atoms with Crippen LogP contribution >= 0.6 is 7.26 Å². The van der Waals surface area contributed by atoms with E-state index in [1.807, 2.05) is 0 Å². The molecule has 0 unspecified atom stereocenters. The summed E-state index contributed by atoms with van der Waals surface area (Å²) in [6.45, 7) is 42.4. The van der Waals surface area contributed by atoms with Crippen LogP contribution in [-0.4, -0.2) is 65.2 Å². The number of unbranched alkanes of at least 4 members (excludes halogenated alkanes) is 3. The first kappa shape index (κ1) is 47.2. The highest BCUT2D eigenvalue weighted by molar-refractivity contribution is 7.76. The zero-order valence-corrected chi connectivity index (χ0v) is 38.1. The van der Waals surface area contributed by atoms with E-state index in [1.165, 1.54) is 74.3 Å². The van der Waals surface area contributed by atoms with Crippen LogP contribution in [0.5, 0.6) is 0 Å². The summed E-state index contributed by atoms with van der Waals surface area (Å²) < 4.78 is 13.7. The topological polar surface area (TPSA) is 38.7 Å². The van der Waals surface area contributed by atoms with Gasteiger partial charge in [-0.05, 0) is 87.3 Å². The molecule has 1 N–H and O–H groups in total. The summed E-state index contributed by atoms with van der Waals surface area (Å²) in [6.07, 6.45) is 18.8. The molecule has 0 bridgehead atoms. The van der Waals surface area contributed by atoms with Crippen molar-refractivity contribution in [1.29, 1.82) is 0 Å². The Kier molecular flexibility index (Phi) is 21.0. The SMILES string of the molecule is CCCC[P+](CCCC)(CCCC)C/C(C)=C/[C@@H](C)[C@H](O)[C@@H](C)[C@H](O[Si](C)(C)C(C)(C)C)[C@@H](C)C/C(C)=C/CO[Si](C)(C)C(C)(C)C. The molecule has 0 aromatic rings. The van der Waals surface area contributed by atoms with Gasteiger partial charge in [-0.3, -0.25) is 0 Å². The molecule has 0 fully saturated rings. The molecular formula is C41H86O3PSi2+. The molecule has 47 heavy (non-hydrogen) atoms. The lowest BCUT2D eigenvalue weighted by Gasteiger charge is -2.44. The van der Waals surface area contributed by atoms with Crippen molar-refractivity contribution in [1.82, 2.24) is 0 Å². The minimum atomic E-state index is -2.06. The quantitative estimate of drug-likeness (QED) is 0.0651. The summed E-state index contributed by atoms with van der Waals surface area (Å²) in [4.78, 5) is 0. The molecule has 0 aromatic heterocycles. The van der Waals surface area contributed by atoms with Crippen LogP contribution in [-0.2, 0) is 8.85 Å². The number of hydrogen-bond acceptors (Lipinski definition) is 3. The number of aliphatic hydroxyl groups is 1. The molecule has 0 aliphatic carbocycles. The Morgan fingerprint density at radius 2 is 1.19 bits per heavy atom. The van der Waals surface area contributed by atoms with Crippen molar-refractivity contribution in [3.8, 4) is 0 Å². The van der Waals surface area contributed by atoms with Crippen LogP contribution in [0.15, 0.2) is 23.3 Å². The summed E-state index contributed by atoms with van der Waals surface area (Å²) in [6, 6.07) is 0. The average molecular weight is 714 g/mol. The summed E-state index contributed by atoms with van der Waals surface area (Å²) >= 11 is 0. The highest BCUT2D eigenvalue weighted by atomic mass is 31.2. The molecule has 0 rings (SSSR count). The average Bonchev–Trinajstić information content (AvgIpc) is 2.94. The molecule has 0 radical (unpaired) electrons. The molecule has 0 saturated carbocycles. The van der Waals surface area contributed by atoms with Crippen LogP contribution < -0.4 is 0 Å². The lowest BCUT2D eigenvalue weighted by atomic mass is 9.82. The van der Waals surface area contributed by atoms with E-state index in [4.69, 9.17) is 8.85 Å². The molecule has 0 saturated heterocycles. The second-order valence-electron chi connectivity index (χ2n) is 18.6. The van der Waals surface area contributed by atoms with Crippen molar-refractivity contribution in [2.75, 3.05) is 31.3 Å². The van der Waals surface area contributed by atoms with Gasteiger partial charge in [-0.15, -0.1) is 0 Å². The molecule has 0 aliphatic rings. The van der Waals surface area contributed by atoms with E-state index in [2.05, 4.69) is 135 Å². The smallest absolute Gasteiger partial charge is 0.192 e. The van der Waals surface area contributed by atoms with E-state index in [9.17, 15) is 5.11 Å². The van der Waals surface area contributed by atoms with Gasteiger partial charge in [0.05, 0.1) is 43.5 Å². The summed E-state index contributed by atoms with van der Waals surface area (Å²) in [5.41, 5.74) is 2.87. The third-order valence-electron chi connectivity index (χ3n) is 11.8. The molecule has 6 heteroatoms. The largest absolute Gasteiger partial charge is 0.413 e. The van der Waals surface area contributed by atoms with E-state index in [0.717, 1.165) is 6.42 Å². The maximum absolute atomic E-state index is 12.0. The fourth-order valence-corrected chi connectivity index (χ4v) is 14.1. The third kappa shape index (κ3) is 16.4. The summed E-state index contributed by atoms with van der Waals surface area (Å²) in [5.74, 6) is 0.433. The molecule has 280 valence electrons. The van der Waals surface area contributed by atoms with Gasteiger partial charge in [0.15, 0.2) is 16.6 Å². The monoisotopic (exact) mass is 714 g/mol. The minimum absolute atomic E-state index is 0.00281. The van der Waals surface area contributed by atoms with Crippen molar-refractivity contribution >= 4 is 23.9 Å². The highest BCUT2D eigenvalue weighted by Crippen LogP contribution is 2.62. The van der Waals surface area contributed by atoms with Crippen molar-refractivity contribution in [3.05, 3.63) is 23.3 Å². The Morgan fingerprint density at radius 3 is 1.60 bits per heavy atom. The molecule has 0 amide bonds. The van der Waals surface area contributed by atoms with Crippen LogP contribution in [0.2, 0.25) is 36.3 Å². The van der Waals surface area contributed by atoms with Crippen LogP contribution in [0.3, 0.4) is 0 Å². The fraction of sp³-hybridized carbons (Fsp3) is 0.902. The number of aliphatic hydroxyl groups excluding tert-OH is 1. The van der Waals surface area contributed by atoms with Crippen LogP contribution in [0, 0.1) is 17.8 Å². The van der Waals surface area contributed by atoms with Gasteiger partial charge in [0.25, 0.3) is 0 Å². The lowest BCUT2D eigenvalue weighted by molar-refractivity contribution is -0.0134. The first-order valence-electron chi connectivity index (χ1n) is 19.6. The van der Waals surface area contributed by atoms with E-state index in [0.29, 0.717) is 12.5 Å². The maximum atomic E-state index is 12.0. The molecule has 3 nitrogen and oxygen atoms in total. The van der Waals surface area contributed by atoms with Gasteiger partial charge in [0.2, 0.25) is 0 Å². The van der Waals surface area contributed by atoms with Gasteiger partial charge in [0, 0.05) is 19.1 Å². The number of allylic oxidation sites excluding steroid dienone is 2. The molecule has 0 spiro atoms. The fourth-order valence-electron chi connectivity index (χ4n) is 6.43. The van der Waals surface area contributed by atoms with Crippen molar-refractivity contribution in [2.24, 2.45) is 17.8 Å². The number of rotatable bonds is 23. The highest BCUT2D eigenvalue weighted by Gasteiger charge is 2.43. The molecule has 0 aromatic carbocycles. The van der Waals surface area contributed by atoms with Crippen LogP contribution in [0.1, 0.15) is 142 Å². The van der Waals surface area contributed by atoms with Crippen molar-refractivity contribution in [3.63, 3.8) is 0 Å². The lowest BCUT2D eigenvalue weighted by Crippen LogP contribution is -2.49. The zero-order chi connectivity index (χ0) is 36.9. The number of hydrogen-bond donors (Lipinski definition) is 1. The van der Waals surface area contributed by atoms with E-state index >= 15 is 0 Å². The Labute approximate surface area is 299 Å². The van der Waals surface area contributed by atoms with Gasteiger partial charge in [-0.2, -0.15) is 0 Å². The predicted molar refractivity (Wildman–Crippen MR) is 222 cm³/mol.